The van der Waals surface area contributed by atoms with Crippen molar-refractivity contribution in [1.82, 2.24) is 5.32 Å². The van der Waals surface area contributed by atoms with E-state index in [1.54, 1.807) is 6.08 Å². The van der Waals surface area contributed by atoms with Gasteiger partial charge in [-0.25, -0.2) is 0 Å². The number of hydrogen-bond acceptors (Lipinski definition) is 3. The third-order valence-corrected chi connectivity index (χ3v) is 7.57. The van der Waals surface area contributed by atoms with Gasteiger partial charge in [-0.15, -0.1) is 0 Å². The number of carbonyl (C=O) groups is 1. The highest BCUT2D eigenvalue weighted by molar-refractivity contribution is 5.76. The third-order valence-electron chi connectivity index (χ3n) is 7.57. The molecule has 0 aliphatic heterocycles. The van der Waals surface area contributed by atoms with Crippen LogP contribution in [0.3, 0.4) is 0 Å². The van der Waals surface area contributed by atoms with Gasteiger partial charge in [-0.05, 0) is 70.6 Å². The van der Waals surface area contributed by atoms with Gasteiger partial charge in [0.2, 0.25) is 5.91 Å². The van der Waals surface area contributed by atoms with Crippen molar-refractivity contribution in [3.63, 3.8) is 0 Å². The number of hydrogen-bond donors (Lipinski definition) is 3. The van der Waals surface area contributed by atoms with Crippen molar-refractivity contribution < 1.29 is 15.0 Å². The number of carbonyl (C=O) groups excluding carboxylic acids is 1. The minimum atomic E-state index is -0.867. The summed E-state index contributed by atoms with van der Waals surface area (Å²) < 4.78 is 0. The molecule has 2 atom stereocenters. The molecule has 1 amide bonds. The molecule has 0 radical (unpaired) electrons. The van der Waals surface area contributed by atoms with Crippen molar-refractivity contribution in [3.05, 3.63) is 97.2 Å². The summed E-state index contributed by atoms with van der Waals surface area (Å²) in [6, 6.07) is -0.657. The monoisotopic (exact) mass is 636 g/mol. The number of rotatable bonds is 31. The van der Waals surface area contributed by atoms with E-state index in [0.29, 0.717) is 6.42 Å². The van der Waals surface area contributed by atoms with E-state index in [0.717, 1.165) is 70.6 Å². The van der Waals surface area contributed by atoms with Crippen LogP contribution < -0.4 is 5.32 Å². The second-order valence-corrected chi connectivity index (χ2v) is 11.9. The minimum absolute atomic E-state index is 0.129. The van der Waals surface area contributed by atoms with Gasteiger partial charge in [-0.3, -0.25) is 4.79 Å². The molecule has 0 saturated heterocycles. The van der Waals surface area contributed by atoms with Crippen LogP contribution in [-0.4, -0.2) is 34.9 Å². The van der Waals surface area contributed by atoms with E-state index in [4.69, 9.17) is 0 Å². The normalized spacial score (nSPS) is 14.3. The zero-order chi connectivity index (χ0) is 33.6. The first-order chi connectivity index (χ1) is 22.7. The first-order valence-electron chi connectivity index (χ1n) is 18.5. The summed E-state index contributed by atoms with van der Waals surface area (Å²) in [6.45, 7) is 4.13. The zero-order valence-electron chi connectivity index (χ0n) is 29.5. The van der Waals surface area contributed by atoms with Gasteiger partial charge in [0.05, 0.1) is 18.8 Å². The number of amides is 1. The highest BCUT2D eigenvalue weighted by Gasteiger charge is 2.17. The molecule has 0 aromatic carbocycles. The molecule has 0 rings (SSSR count). The number of aliphatic hydroxyl groups is 2. The summed E-state index contributed by atoms with van der Waals surface area (Å²) in [5, 5.41) is 22.8. The summed E-state index contributed by atoms with van der Waals surface area (Å²) in [6.07, 6.45) is 54.9. The lowest BCUT2D eigenvalue weighted by Gasteiger charge is -2.19. The van der Waals surface area contributed by atoms with Crippen molar-refractivity contribution >= 4 is 5.91 Å². The Labute approximate surface area is 283 Å². The van der Waals surface area contributed by atoms with Gasteiger partial charge in [0.25, 0.3) is 0 Å². The van der Waals surface area contributed by atoms with E-state index >= 15 is 0 Å². The van der Waals surface area contributed by atoms with E-state index in [9.17, 15) is 15.0 Å². The Bertz CT molecular complexity index is 906. The maximum absolute atomic E-state index is 12.3. The average Bonchev–Trinajstić information content (AvgIpc) is 3.06. The van der Waals surface area contributed by atoms with Crippen molar-refractivity contribution in [3.8, 4) is 0 Å². The Balaban J connectivity index is 3.82. The van der Waals surface area contributed by atoms with Crippen molar-refractivity contribution in [2.75, 3.05) is 6.61 Å². The molecule has 4 heteroatoms. The van der Waals surface area contributed by atoms with Crippen LogP contribution in [-0.2, 0) is 4.79 Å². The molecule has 0 aromatic heterocycles. The Morgan fingerprint density at radius 2 is 0.957 bits per heavy atom. The van der Waals surface area contributed by atoms with E-state index in [2.05, 4.69) is 104 Å². The second-order valence-electron chi connectivity index (χ2n) is 11.9. The molecule has 2 unspecified atom stereocenters. The van der Waals surface area contributed by atoms with Gasteiger partial charge < -0.3 is 15.5 Å². The quantitative estimate of drug-likeness (QED) is 0.0524. The molecule has 4 nitrogen and oxygen atoms in total. The van der Waals surface area contributed by atoms with Crippen LogP contribution in [0, 0.1) is 0 Å². The first-order valence-corrected chi connectivity index (χ1v) is 18.5. The summed E-state index contributed by atoms with van der Waals surface area (Å²) in [5.74, 6) is -0.129. The van der Waals surface area contributed by atoms with Gasteiger partial charge in [-0.1, -0.05) is 162 Å². The molecule has 0 spiro atoms. The fourth-order valence-electron chi connectivity index (χ4n) is 4.75. The van der Waals surface area contributed by atoms with Crippen LogP contribution in [0.2, 0.25) is 0 Å². The fourth-order valence-corrected chi connectivity index (χ4v) is 4.75. The summed E-state index contributed by atoms with van der Waals surface area (Å²) in [7, 11) is 0. The number of nitrogens with one attached hydrogen (secondary N) is 1. The molecular formula is C42H69NO3. The maximum atomic E-state index is 12.3. The van der Waals surface area contributed by atoms with Crippen LogP contribution in [0.25, 0.3) is 0 Å². The lowest BCUT2D eigenvalue weighted by atomic mass is 10.1. The molecule has 0 heterocycles. The van der Waals surface area contributed by atoms with E-state index in [-0.39, 0.29) is 12.5 Å². The molecule has 0 saturated carbocycles. The van der Waals surface area contributed by atoms with Crippen LogP contribution in [0.1, 0.15) is 142 Å². The molecule has 0 aliphatic rings. The SMILES string of the molecule is CC/C=C\C/C=C\C/C=C\C/C=C\C/C=C\C/C=C\C/C=C\CCCC(=O)NC(CO)C(O)/C=C/CCCCCCCCCCC. The van der Waals surface area contributed by atoms with Crippen LogP contribution in [0.4, 0.5) is 0 Å². The van der Waals surface area contributed by atoms with Gasteiger partial charge in [-0.2, -0.15) is 0 Å². The van der Waals surface area contributed by atoms with Crippen LogP contribution in [0.5, 0.6) is 0 Å². The fraction of sp³-hybridized carbons (Fsp3) is 0.595. The van der Waals surface area contributed by atoms with E-state index in [1.165, 1.54) is 51.4 Å². The highest BCUT2D eigenvalue weighted by atomic mass is 16.3. The third kappa shape index (κ3) is 32.7. The number of aliphatic hydroxyl groups excluding tert-OH is 2. The minimum Gasteiger partial charge on any atom is -0.394 e. The molecule has 0 aliphatic carbocycles. The van der Waals surface area contributed by atoms with E-state index < -0.39 is 12.1 Å². The average molecular weight is 636 g/mol. The smallest absolute Gasteiger partial charge is 0.220 e. The van der Waals surface area contributed by atoms with Gasteiger partial charge in [0.1, 0.15) is 0 Å². The largest absolute Gasteiger partial charge is 0.394 e. The van der Waals surface area contributed by atoms with Gasteiger partial charge >= 0.3 is 0 Å². The van der Waals surface area contributed by atoms with Crippen LogP contribution in [0.15, 0.2) is 97.2 Å². The predicted octanol–water partition coefficient (Wildman–Crippen LogP) is 11.1. The highest BCUT2D eigenvalue weighted by Crippen LogP contribution is 2.11. The molecular weight excluding hydrogens is 566 g/mol. The number of unbranched alkanes of at least 4 members (excludes halogenated alkanes) is 10. The first kappa shape index (κ1) is 43.3. The summed E-state index contributed by atoms with van der Waals surface area (Å²) >= 11 is 0. The Kier molecular flexibility index (Phi) is 34.6. The van der Waals surface area contributed by atoms with Gasteiger partial charge in [0.15, 0.2) is 0 Å². The van der Waals surface area contributed by atoms with E-state index in [1.807, 2.05) is 6.08 Å². The maximum Gasteiger partial charge on any atom is 0.220 e. The molecule has 260 valence electrons. The Hall–Kier alpha value is -2.69. The summed E-state index contributed by atoms with van der Waals surface area (Å²) in [4.78, 5) is 12.3. The second kappa shape index (κ2) is 36.8. The molecule has 0 aromatic rings. The van der Waals surface area contributed by atoms with Crippen LogP contribution >= 0.6 is 0 Å². The standard InChI is InChI=1S/C42H69NO3/c1-3-5-7-9-11-13-15-16-17-18-19-20-21-22-23-24-25-26-28-30-32-34-36-38-42(46)43-40(39-44)41(45)37-35-33-31-29-27-14-12-10-8-6-4-2/h5,7,11,13,16-17,19-20,22-23,25-26,30,32,35,37,40-41,44-45H,3-4,6,8-10,12,14-15,18,21,24,27-29,31,33-34,36,38-39H2,1-2H3,(H,43,46)/b7-5-,13-11-,17-16-,20-19-,23-22-,26-25-,32-30-,37-35+. The van der Waals surface area contributed by atoms with Crippen molar-refractivity contribution in [2.45, 2.75) is 154 Å². The molecule has 0 bridgehead atoms. The molecule has 3 N–H and O–H groups in total. The van der Waals surface area contributed by atoms with Gasteiger partial charge in [0, 0.05) is 6.42 Å². The van der Waals surface area contributed by atoms with Crippen molar-refractivity contribution in [1.29, 1.82) is 0 Å². The van der Waals surface area contributed by atoms with Crippen molar-refractivity contribution in [2.24, 2.45) is 0 Å². The lowest BCUT2D eigenvalue weighted by Crippen LogP contribution is -2.45. The summed E-state index contributed by atoms with van der Waals surface area (Å²) in [5.41, 5.74) is 0. The molecule has 46 heavy (non-hydrogen) atoms. The topological polar surface area (TPSA) is 69.6 Å². The Morgan fingerprint density at radius 1 is 0.543 bits per heavy atom. The Morgan fingerprint density at radius 3 is 1.41 bits per heavy atom. The molecule has 0 fully saturated rings. The number of allylic oxidation sites excluding steroid dienone is 15. The predicted molar refractivity (Wildman–Crippen MR) is 202 cm³/mol. The zero-order valence-corrected chi connectivity index (χ0v) is 29.5. The lowest BCUT2D eigenvalue weighted by molar-refractivity contribution is -0.122.